The second-order valence-electron chi connectivity index (χ2n) is 4.48. The van der Waals surface area contributed by atoms with Crippen molar-refractivity contribution in [3.63, 3.8) is 0 Å². The van der Waals surface area contributed by atoms with Gasteiger partial charge in [-0.2, -0.15) is 0 Å². The lowest BCUT2D eigenvalue weighted by atomic mass is 10.2. The highest BCUT2D eigenvalue weighted by molar-refractivity contribution is 7.98. The second-order valence-corrected chi connectivity index (χ2v) is 5.45. The molecule has 0 bridgehead atoms. The van der Waals surface area contributed by atoms with Crippen LogP contribution >= 0.6 is 11.8 Å². The summed E-state index contributed by atoms with van der Waals surface area (Å²) >= 11 is 1.39. The number of thioether (sulfide) groups is 1. The number of hydrogen-bond donors (Lipinski definition) is 1. The first-order valence-electron chi connectivity index (χ1n) is 6.80. The summed E-state index contributed by atoms with van der Waals surface area (Å²) in [6, 6.07) is 0. The molecule has 2 rings (SSSR count). The third kappa shape index (κ3) is 3.41. The highest BCUT2D eigenvalue weighted by Gasteiger charge is 2.18. The van der Waals surface area contributed by atoms with Crippen LogP contribution in [0.3, 0.4) is 0 Å². The monoisotopic (exact) mass is 306 g/mol. The number of aromatic carboxylic acids is 1. The van der Waals surface area contributed by atoms with E-state index in [9.17, 15) is 9.90 Å². The van der Waals surface area contributed by atoms with E-state index in [4.69, 9.17) is 0 Å². The summed E-state index contributed by atoms with van der Waals surface area (Å²) in [4.78, 5) is 24.3. The van der Waals surface area contributed by atoms with Gasteiger partial charge >= 0.3 is 5.97 Å². The molecule has 0 saturated heterocycles. The number of imidazole rings is 1. The molecule has 0 unspecified atom stereocenters. The van der Waals surface area contributed by atoms with Gasteiger partial charge in [0.25, 0.3) is 0 Å². The molecule has 2 aromatic heterocycles. The van der Waals surface area contributed by atoms with Gasteiger partial charge in [-0.15, -0.1) is 0 Å². The number of rotatable bonds is 6. The fraction of sp³-hybridized carbons (Fsp3) is 0.429. The average Bonchev–Trinajstić information content (AvgIpc) is 2.91. The van der Waals surface area contributed by atoms with Crippen LogP contribution in [0.1, 0.15) is 41.5 Å². The minimum atomic E-state index is -0.989. The van der Waals surface area contributed by atoms with Crippen molar-refractivity contribution < 1.29 is 9.90 Å². The van der Waals surface area contributed by atoms with Crippen LogP contribution in [0.5, 0.6) is 0 Å². The molecule has 7 heteroatoms. The molecule has 21 heavy (non-hydrogen) atoms. The Morgan fingerprint density at radius 2 is 2.14 bits per heavy atom. The fourth-order valence-electron chi connectivity index (χ4n) is 2.01. The van der Waals surface area contributed by atoms with Crippen LogP contribution in [0.15, 0.2) is 17.4 Å². The molecule has 0 aliphatic carbocycles. The van der Waals surface area contributed by atoms with Crippen LogP contribution < -0.4 is 0 Å². The Morgan fingerprint density at radius 3 is 2.76 bits per heavy atom. The predicted molar refractivity (Wildman–Crippen MR) is 80.6 cm³/mol. The lowest BCUT2D eigenvalue weighted by Gasteiger charge is -2.10. The maximum atomic E-state index is 11.4. The summed E-state index contributed by atoms with van der Waals surface area (Å²) in [5, 5.41) is 9.87. The molecule has 0 aliphatic heterocycles. The van der Waals surface area contributed by atoms with E-state index in [-0.39, 0.29) is 5.56 Å². The van der Waals surface area contributed by atoms with E-state index in [0.29, 0.717) is 28.7 Å². The molecule has 2 heterocycles. The highest BCUT2D eigenvalue weighted by Crippen LogP contribution is 2.26. The zero-order chi connectivity index (χ0) is 15.4. The van der Waals surface area contributed by atoms with Gasteiger partial charge in [-0.1, -0.05) is 18.7 Å². The summed E-state index contributed by atoms with van der Waals surface area (Å²) in [6.45, 7) is 6.54. The van der Waals surface area contributed by atoms with Crippen molar-refractivity contribution in [1.82, 2.24) is 19.5 Å². The van der Waals surface area contributed by atoms with Crippen molar-refractivity contribution in [3.05, 3.63) is 35.3 Å². The lowest BCUT2D eigenvalue weighted by Crippen LogP contribution is -2.09. The zero-order valence-electron chi connectivity index (χ0n) is 12.3. The standard InChI is InChI=1S/C14H18N4O2S/c1-4-10-16-9(3)12(14(19)20)13(17-10)21-8-11-15-6-7-18(11)5-2/h6-7H,4-5,8H2,1-3H3,(H,19,20). The van der Waals surface area contributed by atoms with Gasteiger partial charge in [0.2, 0.25) is 0 Å². The fourth-order valence-corrected chi connectivity index (χ4v) is 3.07. The molecular weight excluding hydrogens is 288 g/mol. The Labute approximate surface area is 127 Å². The molecular formula is C14H18N4O2S. The number of aromatic nitrogens is 4. The van der Waals surface area contributed by atoms with Gasteiger partial charge in [0.05, 0.1) is 11.4 Å². The molecule has 0 aliphatic rings. The number of hydrogen-bond acceptors (Lipinski definition) is 5. The van der Waals surface area contributed by atoms with Crippen LogP contribution in [0, 0.1) is 6.92 Å². The summed E-state index contributed by atoms with van der Waals surface area (Å²) in [6.07, 6.45) is 4.34. The van der Waals surface area contributed by atoms with Gasteiger partial charge in [0.1, 0.15) is 22.2 Å². The van der Waals surface area contributed by atoms with Crippen molar-refractivity contribution in [2.75, 3.05) is 0 Å². The Morgan fingerprint density at radius 1 is 1.38 bits per heavy atom. The molecule has 2 aromatic rings. The van der Waals surface area contributed by atoms with Crippen molar-refractivity contribution in [3.8, 4) is 0 Å². The van der Waals surface area contributed by atoms with Crippen LogP contribution in [0.4, 0.5) is 0 Å². The third-order valence-corrected chi connectivity index (χ3v) is 4.08. The van der Waals surface area contributed by atoms with Gasteiger partial charge in [-0.3, -0.25) is 0 Å². The van der Waals surface area contributed by atoms with Crippen LogP contribution in [-0.2, 0) is 18.7 Å². The van der Waals surface area contributed by atoms with Crippen LogP contribution in [0.2, 0.25) is 0 Å². The van der Waals surface area contributed by atoms with Crippen LogP contribution in [0.25, 0.3) is 0 Å². The predicted octanol–water partition coefficient (Wildman–Crippen LogP) is 2.55. The van der Waals surface area contributed by atoms with Crippen LogP contribution in [-0.4, -0.2) is 30.6 Å². The average molecular weight is 306 g/mol. The zero-order valence-corrected chi connectivity index (χ0v) is 13.1. The first kappa shape index (κ1) is 15.5. The number of carboxylic acid groups (broad SMARTS) is 1. The van der Waals surface area contributed by atoms with E-state index in [1.165, 1.54) is 11.8 Å². The normalized spacial score (nSPS) is 10.8. The van der Waals surface area contributed by atoms with Gasteiger partial charge in [-0.25, -0.2) is 19.7 Å². The van der Waals surface area contributed by atoms with Crippen molar-refractivity contribution in [1.29, 1.82) is 0 Å². The Hall–Kier alpha value is -1.89. The summed E-state index contributed by atoms with van der Waals surface area (Å²) in [7, 11) is 0. The maximum absolute atomic E-state index is 11.4. The Balaban J connectivity index is 2.30. The Bertz CT molecular complexity index is 654. The van der Waals surface area contributed by atoms with E-state index >= 15 is 0 Å². The molecule has 112 valence electrons. The molecule has 0 atom stereocenters. The number of nitrogens with zero attached hydrogens (tertiary/aromatic N) is 4. The topological polar surface area (TPSA) is 80.9 Å². The van der Waals surface area contributed by atoms with E-state index < -0.39 is 5.97 Å². The summed E-state index contributed by atoms with van der Waals surface area (Å²) in [5.41, 5.74) is 0.697. The second kappa shape index (κ2) is 6.71. The minimum absolute atomic E-state index is 0.187. The molecule has 0 saturated carbocycles. The lowest BCUT2D eigenvalue weighted by molar-refractivity contribution is 0.0690. The summed E-state index contributed by atoms with van der Waals surface area (Å²) < 4.78 is 2.03. The van der Waals surface area contributed by atoms with Gasteiger partial charge in [-0.05, 0) is 13.8 Å². The molecule has 0 aromatic carbocycles. The van der Waals surface area contributed by atoms with Gasteiger partial charge in [0.15, 0.2) is 0 Å². The van der Waals surface area contributed by atoms with E-state index in [1.54, 1.807) is 13.1 Å². The SMILES string of the molecule is CCc1nc(C)c(C(=O)O)c(SCc2nccn2CC)n1. The first-order chi connectivity index (χ1) is 10.1. The number of aryl methyl sites for hydroxylation is 3. The minimum Gasteiger partial charge on any atom is -0.478 e. The summed E-state index contributed by atoms with van der Waals surface area (Å²) in [5.74, 6) is 1.17. The quantitative estimate of drug-likeness (QED) is 0.652. The largest absolute Gasteiger partial charge is 0.478 e. The van der Waals surface area contributed by atoms with E-state index in [1.807, 2.05) is 24.6 Å². The molecule has 0 spiro atoms. The van der Waals surface area contributed by atoms with Gasteiger partial charge < -0.3 is 9.67 Å². The molecule has 0 fully saturated rings. The molecule has 0 amide bonds. The van der Waals surface area contributed by atoms with Gasteiger partial charge in [0, 0.05) is 25.4 Å². The first-order valence-corrected chi connectivity index (χ1v) is 7.79. The van der Waals surface area contributed by atoms with Crippen molar-refractivity contribution in [2.24, 2.45) is 0 Å². The third-order valence-electron chi connectivity index (χ3n) is 3.11. The van der Waals surface area contributed by atoms with Crippen molar-refractivity contribution in [2.45, 2.75) is 44.5 Å². The van der Waals surface area contributed by atoms with Crippen molar-refractivity contribution >= 4 is 17.7 Å². The molecule has 6 nitrogen and oxygen atoms in total. The highest BCUT2D eigenvalue weighted by atomic mass is 32.2. The Kier molecular flexibility index (Phi) is 4.95. The number of carboxylic acids is 1. The molecule has 1 N–H and O–H groups in total. The van der Waals surface area contributed by atoms with E-state index in [2.05, 4.69) is 15.0 Å². The maximum Gasteiger partial charge on any atom is 0.340 e. The smallest absolute Gasteiger partial charge is 0.340 e. The number of carbonyl (C=O) groups is 1. The van der Waals surface area contributed by atoms with E-state index in [0.717, 1.165) is 12.4 Å². The molecule has 0 radical (unpaired) electrons.